The minimum atomic E-state index is -0.274. The lowest BCUT2D eigenvalue weighted by molar-refractivity contribution is 0.459. The number of halogens is 1. The van der Waals surface area contributed by atoms with Crippen LogP contribution >= 0.6 is 0 Å². The Bertz CT molecular complexity index is 533. The topological polar surface area (TPSA) is 73.1 Å². The van der Waals surface area contributed by atoms with E-state index in [9.17, 15) is 4.39 Å². The van der Waals surface area contributed by atoms with Crippen LogP contribution in [0, 0.1) is 12.7 Å². The van der Waals surface area contributed by atoms with Crippen LogP contribution in [0.5, 0.6) is 11.6 Å². The first kappa shape index (κ1) is 11.3. The molecular formula is C11H11FN4O. The van der Waals surface area contributed by atoms with Gasteiger partial charge in [-0.15, -0.1) is 0 Å². The standard InChI is InChI=1S/C11H11FN4O/c1-7-4-8(2-3-9(7)12)17-11-5-10(16-13)14-6-15-11/h2-6H,13H2,1H3,(H,14,15,16). The van der Waals surface area contributed by atoms with E-state index in [-0.39, 0.29) is 5.82 Å². The molecule has 0 radical (unpaired) electrons. The van der Waals surface area contributed by atoms with Crippen LogP contribution in [0.15, 0.2) is 30.6 Å². The van der Waals surface area contributed by atoms with Crippen LogP contribution in [0.1, 0.15) is 5.56 Å². The number of nitrogen functional groups attached to an aromatic ring is 1. The van der Waals surface area contributed by atoms with Gasteiger partial charge in [0.1, 0.15) is 23.7 Å². The Morgan fingerprint density at radius 3 is 2.82 bits per heavy atom. The fraction of sp³-hybridized carbons (Fsp3) is 0.0909. The predicted molar refractivity (Wildman–Crippen MR) is 61.1 cm³/mol. The zero-order chi connectivity index (χ0) is 12.3. The van der Waals surface area contributed by atoms with Crippen molar-refractivity contribution < 1.29 is 9.13 Å². The van der Waals surface area contributed by atoms with E-state index in [1.165, 1.54) is 18.5 Å². The van der Waals surface area contributed by atoms with Gasteiger partial charge in [0.2, 0.25) is 5.88 Å². The zero-order valence-corrected chi connectivity index (χ0v) is 9.14. The summed E-state index contributed by atoms with van der Waals surface area (Å²) in [6, 6.07) is 6.00. The molecule has 0 saturated heterocycles. The normalized spacial score (nSPS) is 10.1. The Hall–Kier alpha value is -2.21. The van der Waals surface area contributed by atoms with Gasteiger partial charge in [0, 0.05) is 6.07 Å². The summed E-state index contributed by atoms with van der Waals surface area (Å²) < 4.78 is 18.5. The summed E-state index contributed by atoms with van der Waals surface area (Å²) in [5.41, 5.74) is 2.89. The number of nitrogens with one attached hydrogen (secondary N) is 1. The Kier molecular flexibility index (Phi) is 3.15. The van der Waals surface area contributed by atoms with Gasteiger partial charge < -0.3 is 10.2 Å². The second kappa shape index (κ2) is 4.75. The quantitative estimate of drug-likeness (QED) is 0.627. The molecule has 0 aliphatic heterocycles. The average molecular weight is 234 g/mol. The highest BCUT2D eigenvalue weighted by molar-refractivity contribution is 5.38. The fourth-order valence-corrected chi connectivity index (χ4v) is 1.28. The number of aryl methyl sites for hydroxylation is 1. The number of hydrogen-bond acceptors (Lipinski definition) is 5. The Labute approximate surface area is 97.4 Å². The van der Waals surface area contributed by atoms with Gasteiger partial charge in [0.05, 0.1) is 0 Å². The van der Waals surface area contributed by atoms with Crippen LogP contribution < -0.4 is 16.0 Å². The molecule has 0 bridgehead atoms. The molecule has 1 aromatic heterocycles. The molecule has 0 saturated carbocycles. The van der Waals surface area contributed by atoms with Gasteiger partial charge in [-0.2, -0.15) is 0 Å². The second-order valence-corrected chi connectivity index (χ2v) is 3.40. The van der Waals surface area contributed by atoms with Crippen molar-refractivity contribution in [3.05, 3.63) is 42.0 Å². The Morgan fingerprint density at radius 1 is 1.29 bits per heavy atom. The summed E-state index contributed by atoms with van der Waals surface area (Å²) in [7, 11) is 0. The van der Waals surface area contributed by atoms with Crippen molar-refractivity contribution >= 4 is 5.82 Å². The molecule has 1 heterocycles. The van der Waals surface area contributed by atoms with Gasteiger partial charge in [-0.3, -0.25) is 0 Å². The van der Waals surface area contributed by atoms with Crippen molar-refractivity contribution in [3.63, 3.8) is 0 Å². The summed E-state index contributed by atoms with van der Waals surface area (Å²) in [4.78, 5) is 7.76. The summed E-state index contributed by atoms with van der Waals surface area (Å²) in [6.45, 7) is 1.66. The van der Waals surface area contributed by atoms with Gasteiger partial charge in [0.25, 0.3) is 0 Å². The first-order valence-corrected chi connectivity index (χ1v) is 4.91. The van der Waals surface area contributed by atoms with E-state index in [0.29, 0.717) is 23.0 Å². The van der Waals surface area contributed by atoms with Gasteiger partial charge in [-0.05, 0) is 30.7 Å². The lowest BCUT2D eigenvalue weighted by Gasteiger charge is -2.06. The molecule has 0 unspecified atom stereocenters. The lowest BCUT2D eigenvalue weighted by Crippen LogP contribution is -2.08. The molecule has 2 rings (SSSR count). The van der Waals surface area contributed by atoms with Crippen LogP contribution in [0.2, 0.25) is 0 Å². The number of anilines is 1. The highest BCUT2D eigenvalue weighted by atomic mass is 19.1. The number of ether oxygens (including phenoxy) is 1. The monoisotopic (exact) mass is 234 g/mol. The minimum absolute atomic E-state index is 0.274. The minimum Gasteiger partial charge on any atom is -0.439 e. The first-order chi connectivity index (χ1) is 8.19. The van der Waals surface area contributed by atoms with Crippen molar-refractivity contribution in [1.29, 1.82) is 0 Å². The number of aromatic nitrogens is 2. The van der Waals surface area contributed by atoms with E-state index in [0.717, 1.165) is 0 Å². The third kappa shape index (κ3) is 2.67. The van der Waals surface area contributed by atoms with Gasteiger partial charge in [-0.1, -0.05) is 0 Å². The van der Waals surface area contributed by atoms with Gasteiger partial charge in [0.15, 0.2) is 0 Å². The number of rotatable bonds is 3. The Morgan fingerprint density at radius 2 is 2.12 bits per heavy atom. The van der Waals surface area contributed by atoms with E-state index in [4.69, 9.17) is 10.6 Å². The van der Waals surface area contributed by atoms with Crippen LogP contribution in [-0.2, 0) is 0 Å². The number of hydrogen-bond donors (Lipinski definition) is 2. The molecule has 0 amide bonds. The first-order valence-electron chi connectivity index (χ1n) is 4.91. The molecular weight excluding hydrogens is 223 g/mol. The molecule has 6 heteroatoms. The van der Waals surface area contributed by atoms with Crippen LogP contribution in [-0.4, -0.2) is 9.97 Å². The van der Waals surface area contributed by atoms with Crippen molar-refractivity contribution in [3.8, 4) is 11.6 Å². The summed E-state index contributed by atoms with van der Waals surface area (Å²) in [6.07, 6.45) is 1.32. The number of nitrogens with two attached hydrogens (primary N) is 1. The van der Waals surface area contributed by atoms with Gasteiger partial charge in [-0.25, -0.2) is 20.2 Å². The largest absolute Gasteiger partial charge is 0.439 e. The SMILES string of the molecule is Cc1cc(Oc2cc(NN)ncn2)ccc1F. The summed E-state index contributed by atoms with van der Waals surface area (Å²) >= 11 is 0. The molecule has 17 heavy (non-hydrogen) atoms. The van der Waals surface area contributed by atoms with E-state index in [1.807, 2.05) is 0 Å². The highest BCUT2D eigenvalue weighted by Crippen LogP contribution is 2.22. The smallest absolute Gasteiger partial charge is 0.224 e. The zero-order valence-electron chi connectivity index (χ0n) is 9.14. The van der Waals surface area contributed by atoms with Crippen LogP contribution in [0.3, 0.4) is 0 Å². The number of nitrogens with zero attached hydrogens (tertiary/aromatic N) is 2. The summed E-state index contributed by atoms with van der Waals surface area (Å²) in [5, 5.41) is 0. The van der Waals surface area contributed by atoms with E-state index < -0.39 is 0 Å². The second-order valence-electron chi connectivity index (χ2n) is 3.40. The van der Waals surface area contributed by atoms with E-state index in [2.05, 4.69) is 15.4 Å². The molecule has 88 valence electrons. The van der Waals surface area contributed by atoms with Crippen molar-refractivity contribution in [2.75, 3.05) is 5.43 Å². The van der Waals surface area contributed by atoms with Crippen molar-refractivity contribution in [1.82, 2.24) is 9.97 Å². The predicted octanol–water partition coefficient (Wildman–Crippen LogP) is 2.00. The molecule has 0 fully saturated rings. The maximum atomic E-state index is 13.0. The fourth-order valence-electron chi connectivity index (χ4n) is 1.28. The average Bonchev–Trinajstić information content (AvgIpc) is 2.34. The summed E-state index contributed by atoms with van der Waals surface area (Å²) in [5.74, 6) is 6.21. The molecule has 0 aliphatic rings. The molecule has 2 aromatic rings. The molecule has 0 aliphatic carbocycles. The van der Waals surface area contributed by atoms with E-state index >= 15 is 0 Å². The molecule has 1 aromatic carbocycles. The Balaban J connectivity index is 2.22. The third-order valence-electron chi connectivity index (χ3n) is 2.14. The van der Waals surface area contributed by atoms with Gasteiger partial charge >= 0.3 is 0 Å². The molecule has 0 spiro atoms. The highest BCUT2D eigenvalue weighted by Gasteiger charge is 2.03. The third-order valence-corrected chi connectivity index (χ3v) is 2.14. The number of benzene rings is 1. The maximum Gasteiger partial charge on any atom is 0.224 e. The molecule has 0 atom stereocenters. The van der Waals surface area contributed by atoms with E-state index in [1.54, 1.807) is 19.1 Å². The number of hydrazine groups is 1. The molecule has 3 N–H and O–H groups in total. The van der Waals surface area contributed by atoms with Crippen molar-refractivity contribution in [2.45, 2.75) is 6.92 Å². The van der Waals surface area contributed by atoms with Crippen LogP contribution in [0.25, 0.3) is 0 Å². The maximum absolute atomic E-state index is 13.0. The molecule has 5 nitrogen and oxygen atoms in total. The van der Waals surface area contributed by atoms with Crippen molar-refractivity contribution in [2.24, 2.45) is 5.84 Å². The lowest BCUT2D eigenvalue weighted by atomic mass is 10.2. The van der Waals surface area contributed by atoms with Crippen LogP contribution in [0.4, 0.5) is 10.2 Å².